The highest BCUT2D eigenvalue weighted by Gasteiger charge is 2.05. The van der Waals surface area contributed by atoms with Crippen molar-refractivity contribution in [2.75, 3.05) is 23.8 Å². The van der Waals surface area contributed by atoms with Crippen LogP contribution in [-0.2, 0) is 0 Å². The number of rotatable bonds is 6. The van der Waals surface area contributed by atoms with Gasteiger partial charge in [0, 0.05) is 30.5 Å². The Labute approximate surface area is 97.8 Å². The summed E-state index contributed by atoms with van der Waals surface area (Å²) in [6, 6.07) is 0. The minimum Gasteiger partial charge on any atom is -0.350 e. The summed E-state index contributed by atoms with van der Waals surface area (Å²) in [5.41, 5.74) is 0. The predicted molar refractivity (Wildman–Crippen MR) is 65.6 cm³/mol. The number of hydrogen-bond donors (Lipinski definition) is 0. The van der Waals surface area contributed by atoms with Crippen LogP contribution in [0.4, 0.5) is 5.13 Å². The van der Waals surface area contributed by atoms with Crippen molar-refractivity contribution < 1.29 is 0 Å². The van der Waals surface area contributed by atoms with Crippen LogP contribution in [0.1, 0.15) is 25.1 Å². The van der Waals surface area contributed by atoms with Gasteiger partial charge in [0.1, 0.15) is 5.82 Å². The van der Waals surface area contributed by atoms with Crippen LogP contribution in [0.3, 0.4) is 0 Å². The third-order valence-electron chi connectivity index (χ3n) is 1.97. The Bertz CT molecular complexity index is 264. The van der Waals surface area contributed by atoms with E-state index in [1.54, 1.807) is 0 Å². The van der Waals surface area contributed by atoms with Gasteiger partial charge in [-0.05, 0) is 19.8 Å². The summed E-state index contributed by atoms with van der Waals surface area (Å²) >= 11 is 4.91. The van der Waals surface area contributed by atoms with Crippen LogP contribution in [0, 0.1) is 6.92 Å². The lowest BCUT2D eigenvalue weighted by atomic mass is 10.2. The standard InChI is InChI=1S/C9H16BrN3S/c1-8-11-9(14-12-8)13(2)7-5-3-4-6-10/h3-7H2,1-2H3. The third-order valence-corrected chi connectivity index (χ3v) is 3.45. The zero-order chi connectivity index (χ0) is 10.4. The van der Waals surface area contributed by atoms with E-state index in [0.29, 0.717) is 0 Å². The topological polar surface area (TPSA) is 29.0 Å². The highest BCUT2D eigenvalue weighted by Crippen LogP contribution is 2.15. The average molecular weight is 278 g/mol. The van der Waals surface area contributed by atoms with Crippen molar-refractivity contribution in [2.45, 2.75) is 26.2 Å². The largest absolute Gasteiger partial charge is 0.350 e. The molecular weight excluding hydrogens is 262 g/mol. The molecule has 0 saturated carbocycles. The number of nitrogens with zero attached hydrogens (tertiary/aromatic N) is 3. The zero-order valence-electron chi connectivity index (χ0n) is 8.66. The smallest absolute Gasteiger partial charge is 0.204 e. The highest BCUT2D eigenvalue weighted by molar-refractivity contribution is 9.09. The molecule has 1 rings (SSSR count). The van der Waals surface area contributed by atoms with E-state index in [-0.39, 0.29) is 0 Å². The minimum absolute atomic E-state index is 0.873. The number of alkyl halides is 1. The Morgan fingerprint density at radius 1 is 1.36 bits per heavy atom. The van der Waals surface area contributed by atoms with Crippen molar-refractivity contribution in [1.29, 1.82) is 0 Å². The van der Waals surface area contributed by atoms with Crippen molar-refractivity contribution in [2.24, 2.45) is 0 Å². The number of hydrogen-bond acceptors (Lipinski definition) is 4. The van der Waals surface area contributed by atoms with Gasteiger partial charge in [0.15, 0.2) is 0 Å². The lowest BCUT2D eigenvalue weighted by molar-refractivity contribution is 0.709. The number of aryl methyl sites for hydroxylation is 1. The van der Waals surface area contributed by atoms with E-state index in [2.05, 4.69) is 37.2 Å². The highest BCUT2D eigenvalue weighted by atomic mass is 79.9. The van der Waals surface area contributed by atoms with E-state index in [4.69, 9.17) is 0 Å². The van der Waals surface area contributed by atoms with Gasteiger partial charge in [-0.3, -0.25) is 0 Å². The molecular formula is C9H16BrN3S. The lowest BCUT2D eigenvalue weighted by Gasteiger charge is -2.14. The fourth-order valence-electron chi connectivity index (χ4n) is 1.16. The van der Waals surface area contributed by atoms with Gasteiger partial charge in [0.05, 0.1) is 0 Å². The second kappa shape index (κ2) is 6.35. The van der Waals surface area contributed by atoms with Crippen molar-refractivity contribution in [1.82, 2.24) is 9.36 Å². The summed E-state index contributed by atoms with van der Waals surface area (Å²) in [5, 5.41) is 2.13. The SMILES string of the molecule is Cc1nsc(N(C)CCCCCBr)n1. The molecule has 0 aliphatic heterocycles. The number of halogens is 1. The molecule has 1 aromatic heterocycles. The maximum Gasteiger partial charge on any atom is 0.204 e. The molecule has 0 atom stereocenters. The van der Waals surface area contributed by atoms with Crippen LogP contribution in [0.5, 0.6) is 0 Å². The summed E-state index contributed by atoms with van der Waals surface area (Å²) < 4.78 is 4.16. The molecule has 0 fully saturated rings. The Hall–Kier alpha value is -0.160. The van der Waals surface area contributed by atoms with E-state index in [1.807, 2.05) is 6.92 Å². The molecule has 0 amide bonds. The van der Waals surface area contributed by atoms with E-state index < -0.39 is 0 Å². The first kappa shape index (κ1) is 11.9. The molecule has 1 aromatic rings. The summed E-state index contributed by atoms with van der Waals surface area (Å²) in [6.45, 7) is 3.00. The van der Waals surface area contributed by atoms with Gasteiger partial charge in [-0.25, -0.2) is 4.98 Å². The second-order valence-electron chi connectivity index (χ2n) is 3.30. The van der Waals surface area contributed by atoms with Gasteiger partial charge in [0.2, 0.25) is 5.13 Å². The first-order chi connectivity index (χ1) is 6.74. The molecule has 0 bridgehead atoms. The predicted octanol–water partition coefficient (Wildman–Crippen LogP) is 2.85. The molecule has 0 aromatic carbocycles. The Morgan fingerprint density at radius 2 is 2.14 bits per heavy atom. The third kappa shape index (κ3) is 3.92. The van der Waals surface area contributed by atoms with Gasteiger partial charge in [-0.1, -0.05) is 22.4 Å². The summed E-state index contributed by atoms with van der Waals surface area (Å²) in [6.07, 6.45) is 3.75. The maximum atomic E-state index is 4.33. The van der Waals surface area contributed by atoms with Gasteiger partial charge in [-0.2, -0.15) is 4.37 Å². The van der Waals surface area contributed by atoms with Crippen LogP contribution >= 0.6 is 27.5 Å². The molecule has 0 spiro atoms. The van der Waals surface area contributed by atoms with Crippen molar-refractivity contribution in [3.8, 4) is 0 Å². The summed E-state index contributed by atoms with van der Waals surface area (Å²) in [5.74, 6) is 0.873. The van der Waals surface area contributed by atoms with Gasteiger partial charge < -0.3 is 4.90 Å². The Balaban J connectivity index is 2.25. The summed E-state index contributed by atoms with van der Waals surface area (Å²) in [7, 11) is 2.08. The lowest BCUT2D eigenvalue weighted by Crippen LogP contribution is -2.18. The quantitative estimate of drug-likeness (QED) is 0.592. The van der Waals surface area contributed by atoms with Crippen LogP contribution < -0.4 is 4.90 Å². The van der Waals surface area contributed by atoms with Crippen LogP contribution in [0.2, 0.25) is 0 Å². The van der Waals surface area contributed by atoms with Crippen LogP contribution in [-0.4, -0.2) is 28.3 Å². The fraction of sp³-hybridized carbons (Fsp3) is 0.778. The van der Waals surface area contributed by atoms with Crippen LogP contribution in [0.25, 0.3) is 0 Å². The second-order valence-corrected chi connectivity index (χ2v) is 4.82. The Kier molecular flexibility index (Phi) is 5.40. The number of anilines is 1. The van der Waals surface area contributed by atoms with Crippen LogP contribution in [0.15, 0.2) is 0 Å². The molecule has 0 N–H and O–H groups in total. The molecule has 80 valence electrons. The van der Waals surface area contributed by atoms with E-state index in [1.165, 1.54) is 30.8 Å². The van der Waals surface area contributed by atoms with E-state index in [0.717, 1.165) is 22.8 Å². The maximum absolute atomic E-state index is 4.33. The molecule has 0 aliphatic carbocycles. The molecule has 0 saturated heterocycles. The van der Waals surface area contributed by atoms with E-state index >= 15 is 0 Å². The molecule has 14 heavy (non-hydrogen) atoms. The van der Waals surface area contributed by atoms with Crippen molar-refractivity contribution >= 4 is 32.6 Å². The first-order valence-corrected chi connectivity index (χ1v) is 6.71. The Morgan fingerprint density at radius 3 is 2.71 bits per heavy atom. The molecule has 0 radical (unpaired) electrons. The first-order valence-electron chi connectivity index (χ1n) is 4.81. The normalized spacial score (nSPS) is 10.5. The molecule has 3 nitrogen and oxygen atoms in total. The minimum atomic E-state index is 0.873. The zero-order valence-corrected chi connectivity index (χ0v) is 11.1. The number of unbranched alkanes of at least 4 members (excludes halogenated alkanes) is 2. The van der Waals surface area contributed by atoms with Gasteiger partial charge >= 0.3 is 0 Å². The van der Waals surface area contributed by atoms with Gasteiger partial charge in [0.25, 0.3) is 0 Å². The van der Waals surface area contributed by atoms with E-state index in [9.17, 15) is 0 Å². The molecule has 5 heteroatoms. The fourth-order valence-corrected chi connectivity index (χ4v) is 2.21. The van der Waals surface area contributed by atoms with Gasteiger partial charge in [-0.15, -0.1) is 0 Å². The average Bonchev–Trinajstić information content (AvgIpc) is 2.59. The number of aromatic nitrogens is 2. The monoisotopic (exact) mass is 277 g/mol. The molecule has 0 aliphatic rings. The van der Waals surface area contributed by atoms with Crippen molar-refractivity contribution in [3.63, 3.8) is 0 Å². The summed E-state index contributed by atoms with van der Waals surface area (Å²) in [4.78, 5) is 6.51. The van der Waals surface area contributed by atoms with Crippen molar-refractivity contribution in [3.05, 3.63) is 5.82 Å². The molecule has 0 unspecified atom stereocenters. The molecule has 1 heterocycles.